The lowest BCUT2D eigenvalue weighted by Crippen LogP contribution is -2.47. The van der Waals surface area contributed by atoms with Crippen LogP contribution in [0.1, 0.15) is 131 Å². The Morgan fingerprint density at radius 1 is 0.500 bits per heavy atom. The summed E-state index contributed by atoms with van der Waals surface area (Å²) in [5.74, 6) is -2.33. The molecular formula is C28H50O8. The fourth-order valence-corrected chi connectivity index (χ4v) is 4.23. The van der Waals surface area contributed by atoms with Crippen molar-refractivity contribution in [3.63, 3.8) is 0 Å². The van der Waals surface area contributed by atoms with Gasteiger partial charge in [-0.25, -0.2) is 0 Å². The minimum Gasteiger partial charge on any atom is -0.462 e. The van der Waals surface area contributed by atoms with E-state index in [-0.39, 0.29) is 6.61 Å². The van der Waals surface area contributed by atoms with E-state index < -0.39 is 42.2 Å². The third-order valence-corrected chi connectivity index (χ3v) is 5.96. The fraction of sp³-hybridized carbons (Fsp3) is 0.857. The number of rotatable bonds is 22. The quantitative estimate of drug-likeness (QED) is 0.0953. The van der Waals surface area contributed by atoms with Crippen molar-refractivity contribution in [2.24, 2.45) is 0 Å². The molecule has 0 heterocycles. The summed E-state index contributed by atoms with van der Waals surface area (Å²) in [7, 11) is 0. The van der Waals surface area contributed by atoms with Crippen LogP contribution in [0.4, 0.5) is 0 Å². The number of esters is 4. The zero-order valence-corrected chi connectivity index (χ0v) is 23.3. The first-order valence-electron chi connectivity index (χ1n) is 13.8. The number of carbonyl (C=O) groups excluding carboxylic acids is 4. The van der Waals surface area contributed by atoms with E-state index in [0.717, 1.165) is 25.7 Å². The first-order valence-corrected chi connectivity index (χ1v) is 13.8. The zero-order valence-electron chi connectivity index (χ0n) is 23.3. The number of hydrogen-bond acceptors (Lipinski definition) is 8. The van der Waals surface area contributed by atoms with Crippen molar-refractivity contribution < 1.29 is 38.1 Å². The van der Waals surface area contributed by atoms with Gasteiger partial charge in [0, 0.05) is 27.7 Å². The molecule has 3 atom stereocenters. The van der Waals surface area contributed by atoms with Gasteiger partial charge in [-0.15, -0.1) is 0 Å². The molecule has 0 aromatic rings. The maximum atomic E-state index is 11.8. The summed E-state index contributed by atoms with van der Waals surface area (Å²) < 4.78 is 21.1. The van der Waals surface area contributed by atoms with Gasteiger partial charge < -0.3 is 18.9 Å². The second-order valence-electron chi connectivity index (χ2n) is 9.56. The Balaban J connectivity index is 4.56. The summed E-state index contributed by atoms with van der Waals surface area (Å²) in [5, 5.41) is 0. The molecule has 0 spiro atoms. The van der Waals surface area contributed by atoms with Crippen molar-refractivity contribution in [3.05, 3.63) is 0 Å². The molecular weight excluding hydrogens is 464 g/mol. The highest BCUT2D eigenvalue weighted by atomic mass is 16.6. The van der Waals surface area contributed by atoms with Gasteiger partial charge in [-0.3, -0.25) is 19.2 Å². The van der Waals surface area contributed by atoms with Gasteiger partial charge in [0.1, 0.15) is 12.7 Å². The first kappa shape index (κ1) is 33.9. The minimum atomic E-state index is -1.08. The summed E-state index contributed by atoms with van der Waals surface area (Å²) in [6.45, 7) is 6.87. The number of hydrogen-bond donors (Lipinski definition) is 0. The average Bonchev–Trinajstić information content (AvgIpc) is 2.79. The van der Waals surface area contributed by atoms with E-state index in [1.165, 1.54) is 91.9 Å². The highest BCUT2D eigenvalue weighted by molar-refractivity contribution is 5.68. The lowest BCUT2D eigenvalue weighted by molar-refractivity contribution is -0.189. The average molecular weight is 515 g/mol. The van der Waals surface area contributed by atoms with Crippen LogP contribution in [0.2, 0.25) is 0 Å². The van der Waals surface area contributed by atoms with Crippen LogP contribution in [0.25, 0.3) is 0 Å². The second-order valence-corrected chi connectivity index (χ2v) is 9.56. The van der Waals surface area contributed by atoms with Crippen LogP contribution in [0.15, 0.2) is 0 Å². The van der Waals surface area contributed by atoms with Crippen molar-refractivity contribution in [1.29, 1.82) is 0 Å². The molecule has 0 radical (unpaired) electrons. The molecule has 210 valence electrons. The predicted octanol–water partition coefficient (Wildman–Crippen LogP) is 6.22. The van der Waals surface area contributed by atoms with E-state index in [0.29, 0.717) is 6.42 Å². The first-order chi connectivity index (χ1) is 17.2. The standard InChI is InChI=1S/C28H50O8/c1-6-7-8-9-10-11-12-13-14-15-16-17-18-19-20-26(34-23(3)30)28(36-25(5)32)27(35-24(4)31)21-33-22(2)29/h26-28H,6-21H2,1-5H3/t26-,27+,28+/m0/s1. The molecule has 0 rings (SSSR count). The van der Waals surface area contributed by atoms with E-state index in [1.807, 2.05) is 0 Å². The maximum absolute atomic E-state index is 11.8. The van der Waals surface area contributed by atoms with Crippen molar-refractivity contribution in [3.8, 4) is 0 Å². The number of unbranched alkanes of at least 4 members (excludes halogenated alkanes) is 13. The van der Waals surface area contributed by atoms with E-state index in [9.17, 15) is 19.2 Å². The van der Waals surface area contributed by atoms with Gasteiger partial charge in [-0.1, -0.05) is 90.4 Å². The smallest absolute Gasteiger partial charge is 0.303 e. The molecule has 0 bridgehead atoms. The zero-order chi connectivity index (χ0) is 27.2. The largest absolute Gasteiger partial charge is 0.462 e. The van der Waals surface area contributed by atoms with Crippen LogP contribution in [0.3, 0.4) is 0 Å². The summed E-state index contributed by atoms with van der Waals surface area (Å²) in [6.07, 6.45) is 14.6. The van der Waals surface area contributed by atoms with Crippen LogP contribution in [0, 0.1) is 0 Å². The Hall–Kier alpha value is -2.12. The summed E-state index contributed by atoms with van der Waals surface area (Å²) in [6, 6.07) is 0. The predicted molar refractivity (Wildman–Crippen MR) is 138 cm³/mol. The van der Waals surface area contributed by atoms with E-state index in [4.69, 9.17) is 18.9 Å². The molecule has 0 unspecified atom stereocenters. The van der Waals surface area contributed by atoms with Gasteiger partial charge >= 0.3 is 23.9 Å². The Morgan fingerprint density at radius 3 is 1.28 bits per heavy atom. The van der Waals surface area contributed by atoms with Crippen molar-refractivity contribution in [1.82, 2.24) is 0 Å². The van der Waals surface area contributed by atoms with Crippen LogP contribution in [0.5, 0.6) is 0 Å². The highest BCUT2D eigenvalue weighted by Crippen LogP contribution is 2.21. The molecule has 0 saturated carbocycles. The van der Waals surface area contributed by atoms with Crippen LogP contribution in [-0.2, 0) is 38.1 Å². The van der Waals surface area contributed by atoms with Crippen molar-refractivity contribution >= 4 is 23.9 Å². The lowest BCUT2D eigenvalue weighted by atomic mass is 10.00. The third-order valence-electron chi connectivity index (χ3n) is 5.96. The molecule has 0 fully saturated rings. The van der Waals surface area contributed by atoms with Crippen LogP contribution < -0.4 is 0 Å². The molecule has 0 aliphatic rings. The van der Waals surface area contributed by atoms with Gasteiger partial charge in [0.15, 0.2) is 12.2 Å². The normalized spacial score (nSPS) is 13.4. The van der Waals surface area contributed by atoms with Gasteiger partial charge in [-0.05, 0) is 12.8 Å². The van der Waals surface area contributed by atoms with E-state index >= 15 is 0 Å². The minimum absolute atomic E-state index is 0.302. The van der Waals surface area contributed by atoms with Gasteiger partial charge in [0.25, 0.3) is 0 Å². The third kappa shape index (κ3) is 20.1. The molecule has 0 amide bonds. The van der Waals surface area contributed by atoms with Crippen molar-refractivity contribution in [2.75, 3.05) is 6.61 Å². The monoisotopic (exact) mass is 514 g/mol. The van der Waals surface area contributed by atoms with Gasteiger partial charge in [0.05, 0.1) is 0 Å². The molecule has 8 nitrogen and oxygen atoms in total. The second kappa shape index (κ2) is 22.1. The molecule has 0 N–H and O–H groups in total. The molecule has 0 saturated heterocycles. The van der Waals surface area contributed by atoms with Gasteiger partial charge in [0.2, 0.25) is 0 Å². The van der Waals surface area contributed by atoms with Crippen LogP contribution >= 0.6 is 0 Å². The SMILES string of the molecule is CCCCCCCCCCCCCCCC[C@H](OC(C)=O)[C@@H](OC(C)=O)[C@@H](COC(C)=O)OC(C)=O. The summed E-state index contributed by atoms with van der Waals surface area (Å²) in [5.41, 5.74) is 0. The van der Waals surface area contributed by atoms with E-state index in [2.05, 4.69) is 6.92 Å². The maximum Gasteiger partial charge on any atom is 0.303 e. The number of carbonyl (C=O) groups is 4. The lowest BCUT2D eigenvalue weighted by Gasteiger charge is -2.31. The van der Waals surface area contributed by atoms with E-state index in [1.54, 1.807) is 0 Å². The molecule has 36 heavy (non-hydrogen) atoms. The highest BCUT2D eigenvalue weighted by Gasteiger charge is 2.37. The Morgan fingerprint density at radius 2 is 0.889 bits per heavy atom. The van der Waals surface area contributed by atoms with Crippen molar-refractivity contribution in [2.45, 2.75) is 149 Å². The molecule has 0 aromatic heterocycles. The van der Waals surface area contributed by atoms with Gasteiger partial charge in [-0.2, -0.15) is 0 Å². The Bertz CT molecular complexity index is 619. The topological polar surface area (TPSA) is 105 Å². The fourth-order valence-electron chi connectivity index (χ4n) is 4.23. The number of ether oxygens (including phenoxy) is 4. The molecule has 0 aromatic carbocycles. The molecule has 8 heteroatoms. The molecule has 0 aliphatic carbocycles. The Kier molecular flexibility index (Phi) is 20.8. The summed E-state index contributed by atoms with van der Waals surface area (Å²) >= 11 is 0. The van der Waals surface area contributed by atoms with Crippen LogP contribution in [-0.4, -0.2) is 48.8 Å². The Labute approximate surface area is 218 Å². The summed E-state index contributed by atoms with van der Waals surface area (Å²) in [4.78, 5) is 46.4. The molecule has 0 aliphatic heterocycles.